The molecular weight excluding hydrogens is 210 g/mol. The van der Waals surface area contributed by atoms with Crippen molar-refractivity contribution in [2.75, 3.05) is 7.05 Å². The van der Waals surface area contributed by atoms with Crippen molar-refractivity contribution < 1.29 is 9.00 Å². The molecule has 2 amide bonds. The van der Waals surface area contributed by atoms with Gasteiger partial charge in [0.2, 0.25) is 0 Å². The van der Waals surface area contributed by atoms with Gasteiger partial charge in [-0.05, 0) is 11.4 Å². The number of amides is 2. The van der Waals surface area contributed by atoms with Crippen molar-refractivity contribution in [3.05, 3.63) is 17.5 Å². The number of nitrogens with one attached hydrogen (secondary N) is 1. The molecule has 0 radical (unpaired) electrons. The minimum absolute atomic E-state index is 0.399. The van der Waals surface area contributed by atoms with Crippen LogP contribution in [0.3, 0.4) is 0 Å². The van der Waals surface area contributed by atoms with Crippen LogP contribution in [0, 0.1) is 0 Å². The van der Waals surface area contributed by atoms with Crippen molar-refractivity contribution in [2.24, 2.45) is 9.50 Å². The Balaban J connectivity index is 3.10. The molecule has 1 aromatic heterocycles. The molecule has 3 N–H and O–H groups in total. The fraction of sp³-hybridized carbons (Fsp3) is 0.167. The van der Waals surface area contributed by atoms with Crippen molar-refractivity contribution in [3.63, 3.8) is 0 Å². The normalized spacial score (nSPS) is 14.6. The Kier molecular flexibility index (Phi) is 3.02. The van der Waals surface area contributed by atoms with E-state index in [4.69, 9.17) is 5.14 Å². The summed E-state index contributed by atoms with van der Waals surface area (Å²) in [5.41, 5.74) is 0. The lowest BCUT2D eigenvalue weighted by atomic mass is 10.7. The summed E-state index contributed by atoms with van der Waals surface area (Å²) < 4.78 is 15.3. The molecule has 0 aliphatic carbocycles. The lowest BCUT2D eigenvalue weighted by Gasteiger charge is -1.98. The first-order valence-electron chi connectivity index (χ1n) is 3.36. The predicted molar refractivity (Wildman–Crippen MR) is 51.8 cm³/mol. The average Bonchev–Trinajstić information content (AvgIpc) is 2.55. The molecule has 1 unspecified atom stereocenters. The zero-order valence-electron chi connectivity index (χ0n) is 6.89. The standard InChI is InChI=1S/C6H9N3O2S2/c1-8-6(10)9-13(7,11)5-3-2-4-12-5/h2-4H,1H3,(H3,7,8,9,10,11). The molecular formula is C6H9N3O2S2. The van der Waals surface area contributed by atoms with Crippen LogP contribution >= 0.6 is 11.3 Å². The van der Waals surface area contributed by atoms with Crippen LogP contribution in [0.4, 0.5) is 4.79 Å². The van der Waals surface area contributed by atoms with Crippen LogP contribution in [0.2, 0.25) is 0 Å². The Morgan fingerprint density at radius 2 is 2.46 bits per heavy atom. The van der Waals surface area contributed by atoms with Gasteiger partial charge >= 0.3 is 6.03 Å². The maximum absolute atomic E-state index is 11.6. The fourth-order valence-corrected chi connectivity index (χ4v) is 2.62. The van der Waals surface area contributed by atoms with E-state index in [1.165, 1.54) is 18.4 Å². The Bertz CT molecular complexity index is 404. The largest absolute Gasteiger partial charge is 0.350 e. The predicted octanol–water partition coefficient (Wildman–Crippen LogP) is 0.788. The van der Waals surface area contributed by atoms with E-state index < -0.39 is 15.9 Å². The van der Waals surface area contributed by atoms with Crippen LogP contribution in [0.25, 0.3) is 0 Å². The first kappa shape index (κ1) is 10.2. The molecule has 0 aromatic carbocycles. The highest BCUT2D eigenvalue weighted by atomic mass is 32.2. The van der Waals surface area contributed by atoms with Gasteiger partial charge in [-0.1, -0.05) is 6.07 Å². The zero-order valence-corrected chi connectivity index (χ0v) is 8.52. The summed E-state index contributed by atoms with van der Waals surface area (Å²) in [5, 5.41) is 9.32. The van der Waals surface area contributed by atoms with Gasteiger partial charge in [0.25, 0.3) is 0 Å². The van der Waals surface area contributed by atoms with Gasteiger partial charge in [-0.15, -0.1) is 15.7 Å². The molecule has 0 aliphatic heterocycles. The molecule has 1 heterocycles. The van der Waals surface area contributed by atoms with Crippen LogP contribution in [0.1, 0.15) is 0 Å². The SMILES string of the molecule is CNC(=O)N=S(N)(=O)c1cccs1. The van der Waals surface area contributed by atoms with Crippen LogP contribution in [-0.2, 0) is 9.92 Å². The number of nitrogens with zero attached hydrogens (tertiary/aromatic N) is 1. The first-order valence-corrected chi connectivity index (χ1v) is 5.82. The molecule has 0 spiro atoms. The molecule has 72 valence electrons. The Morgan fingerprint density at radius 3 is 2.92 bits per heavy atom. The van der Waals surface area contributed by atoms with E-state index in [0.29, 0.717) is 4.21 Å². The number of nitrogens with two attached hydrogens (primary N) is 1. The highest BCUT2D eigenvalue weighted by molar-refractivity contribution is 7.93. The molecule has 0 fully saturated rings. The first-order chi connectivity index (χ1) is 6.06. The molecule has 0 aliphatic rings. The van der Waals surface area contributed by atoms with E-state index in [1.807, 2.05) is 0 Å². The summed E-state index contributed by atoms with van der Waals surface area (Å²) in [4.78, 5) is 10.8. The van der Waals surface area contributed by atoms with Gasteiger partial charge in [0, 0.05) is 7.05 Å². The Morgan fingerprint density at radius 1 is 1.77 bits per heavy atom. The molecule has 13 heavy (non-hydrogen) atoms. The van der Waals surface area contributed by atoms with Gasteiger partial charge in [0.15, 0.2) is 9.92 Å². The summed E-state index contributed by atoms with van der Waals surface area (Å²) in [6.45, 7) is 0. The van der Waals surface area contributed by atoms with Crippen molar-refractivity contribution in [1.82, 2.24) is 5.32 Å². The van der Waals surface area contributed by atoms with Crippen molar-refractivity contribution in [2.45, 2.75) is 4.21 Å². The summed E-state index contributed by atoms with van der Waals surface area (Å²) in [6, 6.07) is 2.60. The van der Waals surface area contributed by atoms with Gasteiger partial charge in [-0.2, -0.15) is 0 Å². The van der Waals surface area contributed by atoms with Crippen molar-refractivity contribution in [3.8, 4) is 0 Å². The smallest absolute Gasteiger partial charge is 0.339 e. The van der Waals surface area contributed by atoms with E-state index in [2.05, 4.69) is 9.68 Å². The van der Waals surface area contributed by atoms with E-state index >= 15 is 0 Å². The third-order valence-corrected chi connectivity index (χ3v) is 4.03. The summed E-state index contributed by atoms with van der Waals surface area (Å²) in [6.07, 6.45) is 0. The number of thiophene rings is 1. The van der Waals surface area contributed by atoms with Crippen LogP contribution in [-0.4, -0.2) is 17.3 Å². The van der Waals surface area contributed by atoms with Crippen LogP contribution < -0.4 is 10.5 Å². The quantitative estimate of drug-likeness (QED) is 0.731. The number of rotatable bonds is 1. The van der Waals surface area contributed by atoms with Gasteiger partial charge < -0.3 is 5.32 Å². The zero-order chi connectivity index (χ0) is 9.90. The van der Waals surface area contributed by atoms with E-state index in [-0.39, 0.29) is 0 Å². The number of hydrogen-bond acceptors (Lipinski definition) is 3. The van der Waals surface area contributed by atoms with E-state index in [0.717, 1.165) is 0 Å². The van der Waals surface area contributed by atoms with Crippen molar-refractivity contribution in [1.29, 1.82) is 0 Å². The van der Waals surface area contributed by atoms with Crippen LogP contribution in [0.15, 0.2) is 26.1 Å². The molecule has 0 saturated heterocycles. The maximum Gasteiger partial charge on any atom is 0.350 e. The van der Waals surface area contributed by atoms with Gasteiger partial charge in [-0.3, -0.25) is 0 Å². The minimum Gasteiger partial charge on any atom is -0.339 e. The monoisotopic (exact) mass is 219 g/mol. The molecule has 0 bridgehead atoms. The highest BCUT2D eigenvalue weighted by Crippen LogP contribution is 2.15. The summed E-state index contributed by atoms with van der Waals surface area (Å²) in [5.74, 6) is 0. The van der Waals surface area contributed by atoms with Gasteiger partial charge in [-0.25, -0.2) is 14.1 Å². The maximum atomic E-state index is 11.6. The number of urea groups is 1. The number of carbonyl (C=O) groups is 1. The topological polar surface area (TPSA) is 84.6 Å². The third kappa shape index (κ3) is 2.51. The summed E-state index contributed by atoms with van der Waals surface area (Å²) >= 11 is 1.21. The highest BCUT2D eigenvalue weighted by Gasteiger charge is 2.09. The fourth-order valence-electron chi connectivity index (χ4n) is 0.644. The molecule has 5 nitrogen and oxygen atoms in total. The average molecular weight is 219 g/mol. The molecule has 1 rings (SSSR count). The lowest BCUT2D eigenvalue weighted by molar-refractivity contribution is 0.251. The second kappa shape index (κ2) is 3.86. The molecule has 1 atom stereocenters. The third-order valence-electron chi connectivity index (χ3n) is 1.22. The second-order valence-electron chi connectivity index (χ2n) is 2.15. The Hall–Kier alpha value is -0.920. The number of carbonyl (C=O) groups excluding carboxylic acids is 1. The second-order valence-corrected chi connectivity index (χ2v) is 5.11. The van der Waals surface area contributed by atoms with Crippen LogP contribution in [0.5, 0.6) is 0 Å². The minimum atomic E-state index is -3.05. The summed E-state index contributed by atoms with van der Waals surface area (Å²) in [7, 11) is -1.65. The molecule has 7 heteroatoms. The van der Waals surface area contributed by atoms with E-state index in [9.17, 15) is 9.00 Å². The molecule has 0 saturated carbocycles. The Labute approximate surface area is 80.3 Å². The number of hydrogen-bond donors (Lipinski definition) is 2. The van der Waals surface area contributed by atoms with E-state index in [1.54, 1.807) is 17.5 Å². The van der Waals surface area contributed by atoms with Gasteiger partial charge in [0.05, 0.1) is 0 Å². The lowest BCUT2D eigenvalue weighted by Crippen LogP contribution is -2.19. The molecule has 1 aromatic rings. The van der Waals surface area contributed by atoms with Gasteiger partial charge in [0.1, 0.15) is 4.21 Å². The van der Waals surface area contributed by atoms with Crippen molar-refractivity contribution >= 4 is 27.3 Å².